The highest BCUT2D eigenvalue weighted by molar-refractivity contribution is 5.92. The van der Waals surface area contributed by atoms with E-state index in [1.165, 1.54) is 0 Å². The topological polar surface area (TPSA) is 73.6 Å². The van der Waals surface area contributed by atoms with Gasteiger partial charge in [-0.2, -0.15) is 0 Å². The molecule has 3 aromatic carbocycles. The number of oxazole rings is 1. The molecule has 0 unspecified atom stereocenters. The molecule has 6 nitrogen and oxygen atoms in total. The molecular formula is C24H22N2O4. The number of hydrogen-bond acceptors (Lipinski definition) is 5. The van der Waals surface area contributed by atoms with Crippen molar-refractivity contribution in [3.63, 3.8) is 0 Å². The van der Waals surface area contributed by atoms with E-state index in [0.717, 1.165) is 28.0 Å². The summed E-state index contributed by atoms with van der Waals surface area (Å²) in [5, 5.41) is 2.83. The summed E-state index contributed by atoms with van der Waals surface area (Å²) in [4.78, 5) is 16.7. The minimum Gasteiger partial charge on any atom is -0.497 e. The first-order valence-corrected chi connectivity index (χ1v) is 9.56. The summed E-state index contributed by atoms with van der Waals surface area (Å²) in [7, 11) is 1.61. The summed E-state index contributed by atoms with van der Waals surface area (Å²) in [6.07, 6.45) is 0. The van der Waals surface area contributed by atoms with Crippen LogP contribution in [0, 0.1) is 13.8 Å². The molecule has 0 atom stereocenters. The number of anilines is 1. The van der Waals surface area contributed by atoms with Gasteiger partial charge in [-0.15, -0.1) is 0 Å². The van der Waals surface area contributed by atoms with Gasteiger partial charge in [0.25, 0.3) is 5.91 Å². The van der Waals surface area contributed by atoms with E-state index < -0.39 is 0 Å². The number of nitrogens with one attached hydrogen (secondary N) is 1. The van der Waals surface area contributed by atoms with Crippen LogP contribution >= 0.6 is 0 Å². The summed E-state index contributed by atoms with van der Waals surface area (Å²) in [5.74, 6) is 1.69. The summed E-state index contributed by atoms with van der Waals surface area (Å²) >= 11 is 0. The third-order valence-corrected chi connectivity index (χ3v) is 4.58. The quantitative estimate of drug-likeness (QED) is 0.483. The van der Waals surface area contributed by atoms with E-state index in [1.54, 1.807) is 19.2 Å². The maximum absolute atomic E-state index is 12.2. The van der Waals surface area contributed by atoms with Crippen molar-refractivity contribution in [2.75, 3.05) is 19.0 Å². The highest BCUT2D eigenvalue weighted by Crippen LogP contribution is 2.27. The number of ether oxygens (including phenoxy) is 2. The Morgan fingerprint density at radius 3 is 2.40 bits per heavy atom. The SMILES string of the molecule is COc1ccc2oc(-c3ccc(NC(=O)COc4cc(C)cc(C)c4)cc3)nc2c1. The fourth-order valence-corrected chi connectivity index (χ4v) is 3.22. The van der Waals surface area contributed by atoms with Crippen LogP contribution in [0.4, 0.5) is 5.69 Å². The highest BCUT2D eigenvalue weighted by atomic mass is 16.5. The number of carbonyl (C=O) groups is 1. The lowest BCUT2D eigenvalue weighted by Gasteiger charge is -2.09. The molecule has 0 saturated carbocycles. The molecule has 0 saturated heterocycles. The van der Waals surface area contributed by atoms with Gasteiger partial charge in [0.15, 0.2) is 12.2 Å². The average Bonchev–Trinajstić information content (AvgIpc) is 3.15. The van der Waals surface area contributed by atoms with Gasteiger partial charge in [-0.3, -0.25) is 4.79 Å². The van der Waals surface area contributed by atoms with Crippen LogP contribution in [0.15, 0.2) is 65.1 Å². The molecule has 0 spiro atoms. The van der Waals surface area contributed by atoms with Gasteiger partial charge in [-0.25, -0.2) is 4.98 Å². The molecule has 4 rings (SSSR count). The molecule has 1 amide bonds. The van der Waals surface area contributed by atoms with Gasteiger partial charge in [0, 0.05) is 17.3 Å². The number of amides is 1. The zero-order valence-electron chi connectivity index (χ0n) is 17.1. The maximum Gasteiger partial charge on any atom is 0.262 e. The third-order valence-electron chi connectivity index (χ3n) is 4.58. The van der Waals surface area contributed by atoms with Crippen molar-refractivity contribution < 1.29 is 18.7 Å². The first-order chi connectivity index (χ1) is 14.5. The van der Waals surface area contributed by atoms with Gasteiger partial charge >= 0.3 is 0 Å². The first-order valence-electron chi connectivity index (χ1n) is 9.56. The smallest absolute Gasteiger partial charge is 0.262 e. The molecule has 0 aliphatic rings. The van der Waals surface area contributed by atoms with Gasteiger partial charge in [0.1, 0.15) is 17.0 Å². The number of aryl methyl sites for hydroxylation is 2. The number of fused-ring (bicyclic) bond motifs is 1. The van der Waals surface area contributed by atoms with Crippen molar-refractivity contribution >= 4 is 22.7 Å². The van der Waals surface area contributed by atoms with Gasteiger partial charge in [-0.1, -0.05) is 6.07 Å². The second-order valence-corrected chi connectivity index (χ2v) is 7.09. The molecule has 0 aliphatic heterocycles. The molecule has 1 heterocycles. The van der Waals surface area contributed by atoms with E-state index in [2.05, 4.69) is 16.4 Å². The Morgan fingerprint density at radius 2 is 1.70 bits per heavy atom. The Hall–Kier alpha value is -3.80. The second-order valence-electron chi connectivity index (χ2n) is 7.09. The van der Waals surface area contributed by atoms with Crippen LogP contribution in [0.1, 0.15) is 11.1 Å². The van der Waals surface area contributed by atoms with Crippen LogP contribution in [-0.4, -0.2) is 24.6 Å². The van der Waals surface area contributed by atoms with Crippen LogP contribution in [-0.2, 0) is 4.79 Å². The fraction of sp³-hybridized carbons (Fsp3) is 0.167. The zero-order chi connectivity index (χ0) is 21.1. The number of rotatable bonds is 6. The molecular weight excluding hydrogens is 380 g/mol. The Balaban J connectivity index is 1.40. The van der Waals surface area contributed by atoms with Gasteiger partial charge < -0.3 is 19.2 Å². The fourth-order valence-electron chi connectivity index (χ4n) is 3.22. The van der Waals surface area contributed by atoms with Crippen molar-refractivity contribution in [1.82, 2.24) is 4.98 Å². The highest BCUT2D eigenvalue weighted by Gasteiger charge is 2.10. The minimum atomic E-state index is -0.226. The van der Waals surface area contributed by atoms with E-state index >= 15 is 0 Å². The van der Waals surface area contributed by atoms with Crippen molar-refractivity contribution in [3.8, 4) is 23.0 Å². The molecule has 0 bridgehead atoms. The number of methoxy groups -OCH3 is 1. The molecule has 0 radical (unpaired) electrons. The minimum absolute atomic E-state index is 0.0579. The summed E-state index contributed by atoms with van der Waals surface area (Å²) in [6, 6.07) is 18.7. The van der Waals surface area contributed by atoms with E-state index in [0.29, 0.717) is 22.9 Å². The number of benzene rings is 3. The number of nitrogens with zero attached hydrogens (tertiary/aromatic N) is 1. The maximum atomic E-state index is 12.2. The van der Waals surface area contributed by atoms with Crippen molar-refractivity contribution in [2.24, 2.45) is 0 Å². The lowest BCUT2D eigenvalue weighted by molar-refractivity contribution is -0.118. The van der Waals surface area contributed by atoms with Crippen molar-refractivity contribution in [2.45, 2.75) is 13.8 Å². The normalized spacial score (nSPS) is 10.8. The van der Waals surface area contributed by atoms with Crippen LogP contribution in [0.25, 0.3) is 22.6 Å². The van der Waals surface area contributed by atoms with E-state index in [1.807, 2.05) is 56.3 Å². The van der Waals surface area contributed by atoms with Gasteiger partial charge in [0.2, 0.25) is 5.89 Å². The van der Waals surface area contributed by atoms with Crippen LogP contribution in [0.5, 0.6) is 11.5 Å². The predicted octanol–water partition coefficient (Wildman–Crippen LogP) is 5.14. The van der Waals surface area contributed by atoms with E-state index in [-0.39, 0.29) is 12.5 Å². The monoisotopic (exact) mass is 402 g/mol. The first kappa shape index (κ1) is 19.5. The lowest BCUT2D eigenvalue weighted by Crippen LogP contribution is -2.20. The molecule has 30 heavy (non-hydrogen) atoms. The molecule has 6 heteroatoms. The Labute approximate surface area is 174 Å². The largest absolute Gasteiger partial charge is 0.497 e. The van der Waals surface area contributed by atoms with Gasteiger partial charge in [-0.05, 0) is 73.5 Å². The molecule has 0 fully saturated rings. The number of carbonyl (C=O) groups excluding carboxylic acids is 1. The lowest BCUT2D eigenvalue weighted by atomic mass is 10.1. The zero-order valence-corrected chi connectivity index (χ0v) is 17.1. The molecule has 4 aromatic rings. The van der Waals surface area contributed by atoms with E-state index in [9.17, 15) is 4.79 Å². The molecule has 0 aliphatic carbocycles. The Bertz CT molecular complexity index is 1180. The van der Waals surface area contributed by atoms with E-state index in [4.69, 9.17) is 13.9 Å². The summed E-state index contributed by atoms with van der Waals surface area (Å²) in [6.45, 7) is 3.93. The molecule has 1 N–H and O–H groups in total. The standard InChI is InChI=1S/C24H22N2O4/c1-15-10-16(2)12-20(11-15)29-14-23(27)25-18-6-4-17(5-7-18)24-26-21-13-19(28-3)8-9-22(21)30-24/h4-13H,14H2,1-3H3,(H,25,27). The van der Waals surface area contributed by atoms with Crippen LogP contribution in [0.3, 0.4) is 0 Å². The van der Waals surface area contributed by atoms with Crippen molar-refractivity contribution in [3.05, 3.63) is 71.8 Å². The molecule has 1 aromatic heterocycles. The average molecular weight is 402 g/mol. The Morgan fingerprint density at radius 1 is 0.967 bits per heavy atom. The second kappa shape index (κ2) is 8.29. The van der Waals surface area contributed by atoms with Crippen molar-refractivity contribution in [1.29, 1.82) is 0 Å². The van der Waals surface area contributed by atoms with Crippen LogP contribution in [0.2, 0.25) is 0 Å². The summed E-state index contributed by atoms with van der Waals surface area (Å²) < 4.78 is 16.6. The summed E-state index contributed by atoms with van der Waals surface area (Å²) in [5.41, 5.74) is 5.09. The molecule has 152 valence electrons. The number of hydrogen-bond donors (Lipinski definition) is 1. The predicted molar refractivity (Wildman–Crippen MR) is 116 cm³/mol. The Kier molecular flexibility index (Phi) is 5.39. The van der Waals surface area contributed by atoms with Gasteiger partial charge in [0.05, 0.1) is 7.11 Å². The third kappa shape index (κ3) is 4.43. The van der Waals surface area contributed by atoms with Crippen LogP contribution < -0.4 is 14.8 Å². The number of aromatic nitrogens is 1.